The van der Waals surface area contributed by atoms with Crippen LogP contribution in [0.25, 0.3) is 5.69 Å². The molecule has 0 unspecified atom stereocenters. The summed E-state index contributed by atoms with van der Waals surface area (Å²) in [6, 6.07) is 9.44. The van der Waals surface area contributed by atoms with Crippen LogP contribution >= 0.6 is 11.8 Å². The normalized spacial score (nSPS) is 11.1. The van der Waals surface area contributed by atoms with Gasteiger partial charge in [-0.25, -0.2) is 4.79 Å². The molecule has 0 saturated heterocycles. The number of hydrogen-bond acceptors (Lipinski definition) is 7. The molecule has 9 nitrogen and oxygen atoms in total. The van der Waals surface area contributed by atoms with Crippen molar-refractivity contribution in [3.8, 4) is 5.69 Å². The van der Waals surface area contributed by atoms with Crippen molar-refractivity contribution in [2.75, 3.05) is 11.5 Å². The molecule has 0 aliphatic carbocycles. The molecule has 0 aliphatic heterocycles. The Bertz CT molecular complexity index is 1100. The van der Waals surface area contributed by atoms with Crippen LogP contribution in [0.5, 0.6) is 0 Å². The first-order chi connectivity index (χ1) is 13.4. The van der Waals surface area contributed by atoms with Gasteiger partial charge in [-0.3, -0.25) is 23.7 Å². The number of nitrogen functional groups attached to an aromatic ring is 1. The number of hydrogen-bond donors (Lipinski definition) is 2. The first-order valence-electron chi connectivity index (χ1n) is 8.62. The maximum absolute atomic E-state index is 12.7. The highest BCUT2D eigenvalue weighted by Crippen LogP contribution is 2.21. The van der Waals surface area contributed by atoms with Gasteiger partial charge in [-0.05, 0) is 18.1 Å². The van der Waals surface area contributed by atoms with E-state index in [1.165, 1.54) is 4.57 Å². The van der Waals surface area contributed by atoms with Gasteiger partial charge >= 0.3 is 5.69 Å². The molecule has 3 rings (SSSR count). The molecule has 146 valence electrons. The summed E-state index contributed by atoms with van der Waals surface area (Å²) in [6.07, 6.45) is 1.55. The fourth-order valence-corrected chi connectivity index (χ4v) is 3.50. The van der Waals surface area contributed by atoms with Gasteiger partial charge in [0.25, 0.3) is 5.56 Å². The Hall–Kier alpha value is -3.14. The van der Waals surface area contributed by atoms with E-state index in [9.17, 15) is 14.4 Å². The van der Waals surface area contributed by atoms with Gasteiger partial charge in [-0.2, -0.15) is 0 Å². The van der Waals surface area contributed by atoms with Crippen LogP contribution in [0.2, 0.25) is 0 Å². The van der Waals surface area contributed by atoms with Crippen LogP contribution in [0.3, 0.4) is 0 Å². The van der Waals surface area contributed by atoms with E-state index in [0.717, 1.165) is 17.4 Å². The Labute approximate surface area is 164 Å². The summed E-state index contributed by atoms with van der Waals surface area (Å²) in [7, 11) is 0. The third-order valence-electron chi connectivity index (χ3n) is 3.95. The van der Waals surface area contributed by atoms with E-state index < -0.39 is 17.0 Å². The van der Waals surface area contributed by atoms with Gasteiger partial charge in [0.15, 0.2) is 10.9 Å². The molecule has 0 aliphatic rings. The summed E-state index contributed by atoms with van der Waals surface area (Å²) in [5, 5.41) is 8.42. The quantitative estimate of drug-likeness (QED) is 0.452. The molecule has 10 heteroatoms. The first-order valence-corrected chi connectivity index (χ1v) is 9.61. The zero-order valence-electron chi connectivity index (χ0n) is 15.5. The monoisotopic (exact) mass is 400 g/mol. The Morgan fingerprint density at radius 1 is 1.25 bits per heavy atom. The van der Waals surface area contributed by atoms with Gasteiger partial charge in [-0.15, -0.1) is 10.2 Å². The number of ketones is 1. The van der Waals surface area contributed by atoms with Crippen LogP contribution in [0.1, 0.15) is 24.2 Å². The maximum atomic E-state index is 12.7. The summed E-state index contributed by atoms with van der Waals surface area (Å²) < 4.78 is 2.96. The first kappa shape index (κ1) is 19.6. The standard InChI is InChI=1S/C18H20N6O3S/c1-11(2)8-23-15(19)14(16(26)21-17(23)27)13(25)9-28-18-22-20-10-24(18)12-6-4-3-5-7-12/h3-7,10-11H,8-9,19H2,1-2H3,(H,21,26,27). The van der Waals surface area contributed by atoms with E-state index >= 15 is 0 Å². The van der Waals surface area contributed by atoms with Gasteiger partial charge in [0.05, 0.1) is 5.75 Å². The van der Waals surface area contributed by atoms with E-state index in [1.807, 2.05) is 44.2 Å². The molecule has 0 fully saturated rings. The second-order valence-electron chi connectivity index (χ2n) is 6.55. The topological polar surface area (TPSA) is 129 Å². The third kappa shape index (κ3) is 4.06. The zero-order chi connectivity index (χ0) is 20.3. The third-order valence-corrected chi connectivity index (χ3v) is 4.89. The van der Waals surface area contributed by atoms with Crippen molar-refractivity contribution in [2.24, 2.45) is 5.92 Å². The highest BCUT2D eigenvalue weighted by atomic mass is 32.2. The number of aromatic amines is 1. The Morgan fingerprint density at radius 2 is 1.96 bits per heavy atom. The lowest BCUT2D eigenvalue weighted by Gasteiger charge is -2.13. The van der Waals surface area contributed by atoms with Crippen molar-refractivity contribution in [2.45, 2.75) is 25.5 Å². The highest BCUT2D eigenvalue weighted by molar-refractivity contribution is 7.99. The number of aromatic nitrogens is 5. The molecule has 2 heterocycles. The molecule has 0 spiro atoms. The molecular weight excluding hydrogens is 380 g/mol. The lowest BCUT2D eigenvalue weighted by Crippen LogP contribution is -2.37. The van der Waals surface area contributed by atoms with Gasteiger partial charge in [0.2, 0.25) is 0 Å². The predicted octanol–water partition coefficient (Wildman–Crippen LogP) is 1.33. The van der Waals surface area contributed by atoms with Crippen LogP contribution in [0, 0.1) is 5.92 Å². The number of benzene rings is 1. The van der Waals surface area contributed by atoms with Gasteiger partial charge < -0.3 is 5.73 Å². The van der Waals surface area contributed by atoms with Crippen molar-refractivity contribution in [1.29, 1.82) is 0 Å². The van der Waals surface area contributed by atoms with Crippen LogP contribution in [0.15, 0.2) is 51.4 Å². The zero-order valence-corrected chi connectivity index (χ0v) is 16.3. The number of carbonyl (C=O) groups is 1. The van der Waals surface area contributed by atoms with Crippen molar-refractivity contribution in [1.82, 2.24) is 24.3 Å². The van der Waals surface area contributed by atoms with E-state index in [1.54, 1.807) is 10.9 Å². The largest absolute Gasteiger partial charge is 0.384 e. The fraction of sp³-hybridized carbons (Fsp3) is 0.278. The summed E-state index contributed by atoms with van der Waals surface area (Å²) >= 11 is 1.14. The molecular formula is C18H20N6O3S. The lowest BCUT2D eigenvalue weighted by molar-refractivity contribution is 0.102. The van der Waals surface area contributed by atoms with Crippen LogP contribution < -0.4 is 17.0 Å². The highest BCUT2D eigenvalue weighted by Gasteiger charge is 2.21. The maximum Gasteiger partial charge on any atom is 0.329 e. The van der Waals surface area contributed by atoms with Gasteiger partial charge in [-0.1, -0.05) is 43.8 Å². The van der Waals surface area contributed by atoms with Crippen molar-refractivity contribution in [3.05, 3.63) is 63.1 Å². The second kappa shape index (κ2) is 8.26. The summed E-state index contributed by atoms with van der Waals surface area (Å²) in [5.74, 6) is -0.548. The Morgan fingerprint density at radius 3 is 2.64 bits per heavy atom. The van der Waals surface area contributed by atoms with Gasteiger partial charge in [0, 0.05) is 12.2 Å². The van der Waals surface area contributed by atoms with Crippen LogP contribution in [-0.2, 0) is 6.54 Å². The van der Waals surface area contributed by atoms with E-state index in [-0.39, 0.29) is 23.1 Å². The molecule has 2 aromatic heterocycles. The minimum atomic E-state index is -0.780. The van der Waals surface area contributed by atoms with E-state index in [4.69, 9.17) is 5.73 Å². The minimum Gasteiger partial charge on any atom is -0.384 e. The van der Waals surface area contributed by atoms with Gasteiger partial charge in [0.1, 0.15) is 17.7 Å². The minimum absolute atomic E-state index is 0.0707. The number of nitrogens with two attached hydrogens (primary N) is 1. The number of Topliss-reactive ketones (excluding diaryl/α,β-unsaturated/α-hetero) is 1. The predicted molar refractivity (Wildman–Crippen MR) is 107 cm³/mol. The number of anilines is 1. The van der Waals surface area contributed by atoms with E-state index in [2.05, 4.69) is 15.2 Å². The Balaban J connectivity index is 1.85. The van der Waals surface area contributed by atoms with Crippen molar-refractivity contribution >= 4 is 23.4 Å². The molecule has 3 aromatic rings. The van der Waals surface area contributed by atoms with Crippen molar-refractivity contribution < 1.29 is 4.79 Å². The van der Waals surface area contributed by atoms with Crippen LogP contribution in [-0.4, -0.2) is 35.9 Å². The number of carbonyl (C=O) groups excluding carboxylic acids is 1. The molecule has 28 heavy (non-hydrogen) atoms. The number of thioether (sulfide) groups is 1. The number of nitrogens with one attached hydrogen (secondary N) is 1. The molecule has 0 radical (unpaired) electrons. The molecule has 0 amide bonds. The summed E-state index contributed by atoms with van der Waals surface area (Å²) in [4.78, 5) is 39.0. The number of nitrogens with zero attached hydrogens (tertiary/aromatic N) is 4. The SMILES string of the molecule is CC(C)Cn1c(N)c(C(=O)CSc2nncn2-c2ccccc2)c(=O)[nH]c1=O. The van der Waals surface area contributed by atoms with Crippen LogP contribution in [0.4, 0.5) is 5.82 Å². The fourth-order valence-electron chi connectivity index (χ4n) is 2.69. The number of para-hydroxylation sites is 1. The molecule has 3 N–H and O–H groups in total. The second-order valence-corrected chi connectivity index (χ2v) is 7.50. The molecule has 1 aromatic carbocycles. The summed E-state index contributed by atoms with van der Waals surface area (Å²) in [5.41, 5.74) is 5.23. The molecule has 0 saturated carbocycles. The number of rotatable bonds is 7. The molecule has 0 atom stereocenters. The Kier molecular flexibility index (Phi) is 5.78. The average Bonchev–Trinajstić information content (AvgIpc) is 3.12. The van der Waals surface area contributed by atoms with Crippen molar-refractivity contribution in [3.63, 3.8) is 0 Å². The smallest absolute Gasteiger partial charge is 0.329 e. The molecule has 0 bridgehead atoms. The average molecular weight is 400 g/mol. The number of H-pyrrole nitrogens is 1. The summed E-state index contributed by atoms with van der Waals surface area (Å²) in [6.45, 7) is 4.12. The van der Waals surface area contributed by atoms with E-state index in [0.29, 0.717) is 11.7 Å². The lowest BCUT2D eigenvalue weighted by atomic mass is 10.2.